The number of aromatic nitrogens is 2. The number of nitrogens with zero attached hydrogens (tertiary/aromatic N) is 3. The Balaban J connectivity index is 3.12. The Labute approximate surface area is 88.0 Å². The van der Waals surface area contributed by atoms with Crippen LogP contribution in [0.3, 0.4) is 0 Å². The van der Waals surface area contributed by atoms with Crippen LogP contribution >= 0.6 is 0 Å². The Morgan fingerprint density at radius 1 is 1.44 bits per heavy atom. The molecular weight excluding hydrogens is 227 g/mol. The molecule has 5 nitrogen and oxygen atoms in total. The predicted octanol–water partition coefficient (Wildman–Crippen LogP) is 1.28. The molecule has 0 unspecified atom stereocenters. The Morgan fingerprint density at radius 3 is 2.56 bits per heavy atom. The van der Waals surface area contributed by atoms with E-state index in [2.05, 4.69) is 19.7 Å². The second kappa shape index (κ2) is 4.69. The fraction of sp³-hybridized carbons (Fsp3) is 0.250. The van der Waals surface area contributed by atoms with Crippen LogP contribution in [0.2, 0.25) is 0 Å². The van der Waals surface area contributed by atoms with Crippen molar-refractivity contribution in [3.05, 3.63) is 18.6 Å². The second-order valence-electron chi connectivity index (χ2n) is 2.51. The minimum atomic E-state index is -4.90. The van der Waals surface area contributed by atoms with Gasteiger partial charge in [0.2, 0.25) is 5.71 Å². The molecule has 0 saturated heterocycles. The summed E-state index contributed by atoms with van der Waals surface area (Å²) in [5.74, 6) is -1.89. The molecule has 1 heterocycles. The maximum atomic E-state index is 12.4. The third kappa shape index (κ3) is 3.01. The van der Waals surface area contributed by atoms with Crippen molar-refractivity contribution in [2.75, 3.05) is 7.11 Å². The van der Waals surface area contributed by atoms with Crippen molar-refractivity contribution in [1.29, 1.82) is 0 Å². The number of carbonyl (C=O) groups excluding carboxylic acids is 1. The van der Waals surface area contributed by atoms with E-state index in [1.165, 1.54) is 6.20 Å². The van der Waals surface area contributed by atoms with Gasteiger partial charge in [-0.3, -0.25) is 4.98 Å². The molecule has 16 heavy (non-hydrogen) atoms. The Hall–Kier alpha value is -1.99. The van der Waals surface area contributed by atoms with E-state index in [0.717, 1.165) is 19.5 Å². The molecule has 0 N–H and O–H groups in total. The molecule has 8 heteroatoms. The lowest BCUT2D eigenvalue weighted by Gasteiger charge is -2.07. The van der Waals surface area contributed by atoms with Crippen molar-refractivity contribution < 1.29 is 22.7 Å². The summed E-state index contributed by atoms with van der Waals surface area (Å²) in [6, 6.07) is 0. The summed E-state index contributed by atoms with van der Waals surface area (Å²) >= 11 is 0. The van der Waals surface area contributed by atoms with E-state index in [1.54, 1.807) is 0 Å². The van der Waals surface area contributed by atoms with E-state index in [1.807, 2.05) is 0 Å². The first-order valence-corrected chi connectivity index (χ1v) is 3.95. The molecule has 0 spiro atoms. The number of alkyl halides is 3. The molecule has 0 amide bonds. The van der Waals surface area contributed by atoms with Crippen LogP contribution < -0.4 is 0 Å². The average molecular weight is 233 g/mol. The first-order chi connectivity index (χ1) is 7.45. The highest BCUT2D eigenvalue weighted by molar-refractivity contribution is 6.39. The van der Waals surface area contributed by atoms with Crippen LogP contribution in [0.1, 0.15) is 0 Å². The van der Waals surface area contributed by atoms with Crippen molar-refractivity contribution in [3.8, 4) is 0 Å². The van der Waals surface area contributed by atoms with E-state index in [4.69, 9.17) is 0 Å². The zero-order valence-corrected chi connectivity index (χ0v) is 8.02. The minimum absolute atomic E-state index is 0.319. The van der Waals surface area contributed by atoms with E-state index in [-0.39, 0.29) is 5.82 Å². The van der Waals surface area contributed by atoms with Crippen molar-refractivity contribution >= 4 is 17.5 Å². The van der Waals surface area contributed by atoms with E-state index < -0.39 is 17.9 Å². The summed E-state index contributed by atoms with van der Waals surface area (Å²) in [6.07, 6.45) is -1.48. The number of hydrogen-bond acceptors (Lipinski definition) is 5. The number of ether oxygens (including phenoxy) is 1. The van der Waals surface area contributed by atoms with Crippen LogP contribution in [0.5, 0.6) is 0 Å². The largest absolute Gasteiger partial charge is 0.464 e. The number of aliphatic imine (C=N–C) groups is 1. The lowest BCUT2D eigenvalue weighted by molar-refractivity contribution is -0.137. The van der Waals surface area contributed by atoms with Crippen LogP contribution in [0, 0.1) is 0 Å². The molecule has 0 atom stereocenters. The average Bonchev–Trinajstić information content (AvgIpc) is 2.25. The molecule has 1 aromatic rings. The molecule has 1 rings (SSSR count). The standard InChI is InChI=1S/C8H6F3N3O2/c1-16-7(15)6(8(9,10)11)14-5-4-12-2-3-13-5/h2-4H,1H3. The first kappa shape index (κ1) is 12.1. The minimum Gasteiger partial charge on any atom is -0.464 e. The molecular formula is C8H6F3N3O2. The summed E-state index contributed by atoms with van der Waals surface area (Å²) in [7, 11) is 0.834. The molecule has 0 aliphatic heterocycles. The van der Waals surface area contributed by atoms with E-state index >= 15 is 0 Å². The molecule has 0 aliphatic rings. The molecule has 0 bridgehead atoms. The maximum absolute atomic E-state index is 12.4. The van der Waals surface area contributed by atoms with Gasteiger partial charge in [0, 0.05) is 12.4 Å². The van der Waals surface area contributed by atoms with Gasteiger partial charge in [0.15, 0.2) is 5.82 Å². The summed E-state index contributed by atoms with van der Waals surface area (Å²) < 4.78 is 41.1. The highest BCUT2D eigenvalue weighted by Crippen LogP contribution is 2.20. The Kier molecular flexibility index (Phi) is 3.54. The number of rotatable bonds is 2. The fourth-order valence-corrected chi connectivity index (χ4v) is 0.785. The molecule has 86 valence electrons. The van der Waals surface area contributed by atoms with Gasteiger partial charge in [-0.15, -0.1) is 0 Å². The quantitative estimate of drug-likeness (QED) is 0.570. The van der Waals surface area contributed by atoms with Crippen molar-refractivity contribution in [1.82, 2.24) is 9.97 Å². The highest BCUT2D eigenvalue weighted by atomic mass is 19.4. The molecule has 0 saturated carbocycles. The third-order valence-corrected chi connectivity index (χ3v) is 1.42. The van der Waals surface area contributed by atoms with Gasteiger partial charge in [-0.2, -0.15) is 13.2 Å². The van der Waals surface area contributed by atoms with Crippen LogP contribution in [0.4, 0.5) is 19.0 Å². The molecule has 1 aromatic heterocycles. The SMILES string of the molecule is COC(=O)C(=Nc1cnccn1)C(F)(F)F. The number of carbonyl (C=O) groups is 1. The molecule has 0 aromatic carbocycles. The summed E-state index contributed by atoms with van der Waals surface area (Å²) in [6.45, 7) is 0. The molecule has 0 radical (unpaired) electrons. The van der Waals surface area contributed by atoms with Gasteiger partial charge >= 0.3 is 12.1 Å². The third-order valence-electron chi connectivity index (χ3n) is 1.42. The number of esters is 1. The van der Waals surface area contributed by atoms with Gasteiger partial charge in [0.1, 0.15) is 0 Å². The topological polar surface area (TPSA) is 64.4 Å². The summed E-state index contributed by atoms with van der Waals surface area (Å²) in [4.78, 5) is 20.9. The van der Waals surface area contributed by atoms with Gasteiger partial charge < -0.3 is 4.74 Å². The Bertz CT molecular complexity index is 403. The number of hydrogen-bond donors (Lipinski definition) is 0. The Morgan fingerprint density at radius 2 is 2.12 bits per heavy atom. The van der Waals surface area contributed by atoms with Gasteiger partial charge in [-0.05, 0) is 0 Å². The lowest BCUT2D eigenvalue weighted by atomic mass is 10.3. The predicted molar refractivity (Wildman–Crippen MR) is 47.2 cm³/mol. The molecule has 0 aliphatic carbocycles. The summed E-state index contributed by atoms with van der Waals surface area (Å²) in [5.41, 5.74) is -1.67. The van der Waals surface area contributed by atoms with Crippen LogP contribution in [0.25, 0.3) is 0 Å². The monoisotopic (exact) mass is 233 g/mol. The zero-order valence-electron chi connectivity index (χ0n) is 8.02. The van der Waals surface area contributed by atoms with Gasteiger partial charge in [0.25, 0.3) is 0 Å². The number of methoxy groups -OCH3 is 1. The van der Waals surface area contributed by atoms with Crippen molar-refractivity contribution in [2.24, 2.45) is 4.99 Å². The first-order valence-electron chi connectivity index (χ1n) is 3.95. The van der Waals surface area contributed by atoms with Gasteiger partial charge in [-0.1, -0.05) is 0 Å². The normalized spacial score (nSPS) is 12.4. The van der Waals surface area contributed by atoms with Gasteiger partial charge in [-0.25, -0.2) is 14.8 Å². The van der Waals surface area contributed by atoms with Crippen molar-refractivity contribution in [2.45, 2.75) is 6.18 Å². The van der Waals surface area contributed by atoms with Crippen LogP contribution in [-0.4, -0.2) is 34.9 Å². The van der Waals surface area contributed by atoms with Crippen molar-refractivity contribution in [3.63, 3.8) is 0 Å². The van der Waals surface area contributed by atoms with Crippen LogP contribution in [-0.2, 0) is 9.53 Å². The van der Waals surface area contributed by atoms with E-state index in [0.29, 0.717) is 0 Å². The summed E-state index contributed by atoms with van der Waals surface area (Å²) in [5, 5.41) is 0. The smallest absolute Gasteiger partial charge is 0.440 e. The van der Waals surface area contributed by atoms with Crippen LogP contribution in [0.15, 0.2) is 23.6 Å². The zero-order chi connectivity index (χ0) is 12.2. The lowest BCUT2D eigenvalue weighted by Crippen LogP contribution is -2.32. The maximum Gasteiger partial charge on any atom is 0.440 e. The highest BCUT2D eigenvalue weighted by Gasteiger charge is 2.42. The second-order valence-corrected chi connectivity index (χ2v) is 2.51. The molecule has 0 fully saturated rings. The van der Waals surface area contributed by atoms with E-state index in [9.17, 15) is 18.0 Å². The van der Waals surface area contributed by atoms with Gasteiger partial charge in [0.05, 0.1) is 13.3 Å². The fourth-order valence-electron chi connectivity index (χ4n) is 0.785. The number of halogens is 3.